The van der Waals surface area contributed by atoms with E-state index in [0.717, 1.165) is 5.56 Å². The number of aromatic nitrogens is 1. The second-order valence-corrected chi connectivity index (χ2v) is 6.66. The van der Waals surface area contributed by atoms with Crippen molar-refractivity contribution in [2.24, 2.45) is 0 Å². The quantitative estimate of drug-likeness (QED) is 0.786. The van der Waals surface area contributed by atoms with Crippen molar-refractivity contribution in [2.45, 2.75) is 18.2 Å². The van der Waals surface area contributed by atoms with E-state index in [0.29, 0.717) is 25.3 Å². The molecular formula is C16H20N2O3S. The van der Waals surface area contributed by atoms with Gasteiger partial charge in [-0.1, -0.05) is 19.1 Å². The number of rotatable bonds is 7. The average Bonchev–Trinajstić information content (AvgIpc) is 2.56. The molecule has 0 radical (unpaired) electrons. The first kappa shape index (κ1) is 16.5. The lowest BCUT2D eigenvalue weighted by Gasteiger charge is -2.21. The summed E-state index contributed by atoms with van der Waals surface area (Å²) in [6.45, 7) is 2.66. The molecule has 1 aromatic carbocycles. The number of methoxy groups -OCH3 is 1. The molecule has 22 heavy (non-hydrogen) atoms. The maximum Gasteiger partial charge on any atom is 0.246 e. The third-order valence-corrected chi connectivity index (χ3v) is 5.45. The number of ether oxygens (including phenoxy) is 1. The molecule has 0 spiro atoms. The van der Waals surface area contributed by atoms with Gasteiger partial charge >= 0.3 is 0 Å². The van der Waals surface area contributed by atoms with Gasteiger partial charge in [0.15, 0.2) is 0 Å². The zero-order valence-corrected chi connectivity index (χ0v) is 13.6. The predicted octanol–water partition coefficient (Wildman–Crippen LogP) is 2.34. The summed E-state index contributed by atoms with van der Waals surface area (Å²) in [5.74, 6) is 0.366. The fourth-order valence-electron chi connectivity index (χ4n) is 2.22. The molecule has 5 nitrogen and oxygen atoms in total. The van der Waals surface area contributed by atoms with Gasteiger partial charge in [-0.3, -0.25) is 4.98 Å². The monoisotopic (exact) mass is 320 g/mol. The number of hydrogen-bond acceptors (Lipinski definition) is 4. The second-order valence-electron chi connectivity index (χ2n) is 4.75. The first-order valence-corrected chi connectivity index (χ1v) is 8.55. The Morgan fingerprint density at radius 3 is 2.45 bits per heavy atom. The van der Waals surface area contributed by atoms with Crippen LogP contribution in [-0.4, -0.2) is 37.9 Å². The maximum absolute atomic E-state index is 12.8. The standard InChI is InChI=1S/C16H20N2O3S/c1-3-18(13-10-14-8-11-17-12-9-14)22(19,20)16-7-5-4-6-15(16)21-2/h4-9,11-12H,3,10,13H2,1-2H3. The largest absolute Gasteiger partial charge is 0.495 e. The van der Waals surface area contributed by atoms with Gasteiger partial charge in [-0.15, -0.1) is 0 Å². The molecule has 0 bridgehead atoms. The fraction of sp³-hybridized carbons (Fsp3) is 0.312. The van der Waals surface area contributed by atoms with Gasteiger partial charge in [0.25, 0.3) is 0 Å². The molecule has 118 valence electrons. The summed E-state index contributed by atoms with van der Waals surface area (Å²) in [4.78, 5) is 4.17. The van der Waals surface area contributed by atoms with E-state index in [9.17, 15) is 8.42 Å². The second kappa shape index (κ2) is 7.38. The third kappa shape index (κ3) is 3.64. The van der Waals surface area contributed by atoms with Gasteiger partial charge in [0, 0.05) is 25.5 Å². The zero-order valence-electron chi connectivity index (χ0n) is 12.8. The number of para-hydroxylation sites is 1. The predicted molar refractivity (Wildman–Crippen MR) is 85.4 cm³/mol. The molecule has 0 N–H and O–H groups in total. The molecule has 0 aliphatic rings. The van der Waals surface area contributed by atoms with Crippen molar-refractivity contribution < 1.29 is 13.2 Å². The van der Waals surface area contributed by atoms with Crippen molar-refractivity contribution in [2.75, 3.05) is 20.2 Å². The number of likely N-dealkylation sites (N-methyl/N-ethyl adjacent to an activating group) is 1. The lowest BCUT2D eigenvalue weighted by atomic mass is 10.2. The van der Waals surface area contributed by atoms with E-state index in [2.05, 4.69) is 4.98 Å². The van der Waals surface area contributed by atoms with Crippen LogP contribution in [0.3, 0.4) is 0 Å². The Hall–Kier alpha value is -1.92. The molecule has 2 aromatic rings. The fourth-order valence-corrected chi connectivity index (χ4v) is 3.83. The molecule has 0 aliphatic carbocycles. The van der Waals surface area contributed by atoms with E-state index < -0.39 is 10.0 Å². The third-order valence-electron chi connectivity index (χ3n) is 3.44. The molecule has 1 aromatic heterocycles. The van der Waals surface area contributed by atoms with Crippen LogP contribution in [0.1, 0.15) is 12.5 Å². The minimum absolute atomic E-state index is 0.203. The van der Waals surface area contributed by atoms with Crippen LogP contribution in [0, 0.1) is 0 Å². The summed E-state index contributed by atoms with van der Waals surface area (Å²) in [6.07, 6.45) is 4.06. The Morgan fingerprint density at radius 2 is 1.82 bits per heavy atom. The molecule has 0 aliphatic heterocycles. The lowest BCUT2D eigenvalue weighted by Crippen LogP contribution is -2.33. The summed E-state index contributed by atoms with van der Waals surface area (Å²) in [6, 6.07) is 10.5. The first-order chi connectivity index (χ1) is 10.6. The van der Waals surface area contributed by atoms with Crippen molar-refractivity contribution in [3.8, 4) is 5.75 Å². The van der Waals surface area contributed by atoms with Crippen LogP contribution in [0.4, 0.5) is 0 Å². The van der Waals surface area contributed by atoms with Crippen LogP contribution in [-0.2, 0) is 16.4 Å². The van der Waals surface area contributed by atoms with Crippen LogP contribution in [0.25, 0.3) is 0 Å². The molecule has 6 heteroatoms. The zero-order chi connectivity index (χ0) is 16.0. The smallest absolute Gasteiger partial charge is 0.246 e. The van der Waals surface area contributed by atoms with Crippen molar-refractivity contribution in [1.29, 1.82) is 0 Å². The van der Waals surface area contributed by atoms with Crippen LogP contribution >= 0.6 is 0 Å². The molecule has 2 rings (SSSR count). The van der Waals surface area contributed by atoms with Crippen LogP contribution in [0.5, 0.6) is 5.75 Å². The summed E-state index contributed by atoms with van der Waals surface area (Å²) in [7, 11) is -2.10. The molecular weight excluding hydrogens is 300 g/mol. The van der Waals surface area contributed by atoms with Gasteiger partial charge in [0.1, 0.15) is 10.6 Å². The van der Waals surface area contributed by atoms with Crippen LogP contribution in [0.15, 0.2) is 53.7 Å². The number of nitrogens with zero attached hydrogens (tertiary/aromatic N) is 2. The number of pyridine rings is 1. The molecule has 1 heterocycles. The number of hydrogen-bond donors (Lipinski definition) is 0. The van der Waals surface area contributed by atoms with Crippen LogP contribution < -0.4 is 4.74 Å². The highest BCUT2D eigenvalue weighted by Gasteiger charge is 2.25. The van der Waals surface area contributed by atoms with Crippen molar-refractivity contribution in [3.63, 3.8) is 0 Å². The minimum atomic E-state index is -3.57. The molecule has 0 saturated carbocycles. The van der Waals surface area contributed by atoms with E-state index in [1.54, 1.807) is 36.7 Å². The number of benzene rings is 1. The van der Waals surface area contributed by atoms with Gasteiger partial charge in [0.2, 0.25) is 10.0 Å². The Labute approximate surface area is 131 Å². The summed E-state index contributed by atoms with van der Waals surface area (Å²) < 4.78 is 32.2. The Balaban J connectivity index is 2.22. The summed E-state index contributed by atoms with van der Waals surface area (Å²) in [5, 5.41) is 0. The SMILES string of the molecule is CCN(CCc1ccncc1)S(=O)(=O)c1ccccc1OC. The van der Waals surface area contributed by atoms with E-state index >= 15 is 0 Å². The molecule has 0 fully saturated rings. The average molecular weight is 320 g/mol. The van der Waals surface area contributed by atoms with Crippen molar-refractivity contribution >= 4 is 10.0 Å². The summed E-state index contributed by atoms with van der Waals surface area (Å²) >= 11 is 0. The van der Waals surface area contributed by atoms with Crippen LogP contribution in [0.2, 0.25) is 0 Å². The Bertz CT molecular complexity index is 702. The molecule has 0 atom stereocenters. The van der Waals surface area contributed by atoms with E-state index in [1.165, 1.54) is 11.4 Å². The normalized spacial score (nSPS) is 11.6. The number of sulfonamides is 1. The minimum Gasteiger partial charge on any atom is -0.495 e. The van der Waals surface area contributed by atoms with Gasteiger partial charge in [0.05, 0.1) is 7.11 Å². The molecule has 0 saturated heterocycles. The highest BCUT2D eigenvalue weighted by atomic mass is 32.2. The topological polar surface area (TPSA) is 59.5 Å². The van der Waals surface area contributed by atoms with Crippen molar-refractivity contribution in [1.82, 2.24) is 9.29 Å². The Kier molecular flexibility index (Phi) is 5.51. The van der Waals surface area contributed by atoms with Gasteiger partial charge in [-0.2, -0.15) is 4.31 Å². The van der Waals surface area contributed by atoms with E-state index in [4.69, 9.17) is 4.74 Å². The van der Waals surface area contributed by atoms with Gasteiger partial charge < -0.3 is 4.74 Å². The van der Waals surface area contributed by atoms with E-state index in [-0.39, 0.29) is 4.90 Å². The van der Waals surface area contributed by atoms with Gasteiger partial charge in [-0.25, -0.2) is 8.42 Å². The maximum atomic E-state index is 12.8. The molecule has 0 amide bonds. The first-order valence-electron chi connectivity index (χ1n) is 7.11. The molecule has 0 unspecified atom stereocenters. The Morgan fingerprint density at radius 1 is 1.14 bits per heavy atom. The van der Waals surface area contributed by atoms with E-state index in [1.807, 2.05) is 19.1 Å². The van der Waals surface area contributed by atoms with Gasteiger partial charge in [-0.05, 0) is 36.2 Å². The highest BCUT2D eigenvalue weighted by molar-refractivity contribution is 7.89. The highest BCUT2D eigenvalue weighted by Crippen LogP contribution is 2.26. The summed E-state index contributed by atoms with van der Waals surface area (Å²) in [5.41, 5.74) is 1.06. The lowest BCUT2D eigenvalue weighted by molar-refractivity contribution is 0.393. The van der Waals surface area contributed by atoms with Crippen molar-refractivity contribution in [3.05, 3.63) is 54.4 Å².